The molecule has 1 aliphatic carbocycles. The number of amides is 1. The molecule has 1 fully saturated rings. The second kappa shape index (κ2) is 6.40. The lowest BCUT2D eigenvalue weighted by Crippen LogP contribution is -2.34. The molecule has 0 atom stereocenters. The fraction of sp³-hybridized carbons (Fsp3) is 0.500. The molecule has 0 unspecified atom stereocenters. The minimum absolute atomic E-state index is 0.0402. The molecule has 18 heavy (non-hydrogen) atoms. The molecule has 0 radical (unpaired) electrons. The van der Waals surface area contributed by atoms with E-state index in [0.717, 1.165) is 23.8 Å². The molecule has 1 aliphatic rings. The third-order valence-corrected chi connectivity index (χ3v) is 3.04. The first-order valence-corrected chi connectivity index (χ1v) is 6.38. The topological polar surface area (TPSA) is 50.4 Å². The van der Waals surface area contributed by atoms with Crippen LogP contribution in [-0.2, 0) is 11.3 Å². The van der Waals surface area contributed by atoms with Crippen molar-refractivity contribution < 1.29 is 9.53 Å². The average Bonchev–Trinajstić information content (AvgIpc) is 3.21. The number of carbonyl (C=O) groups is 1. The van der Waals surface area contributed by atoms with Crippen LogP contribution in [0.3, 0.4) is 0 Å². The van der Waals surface area contributed by atoms with Gasteiger partial charge in [0.05, 0.1) is 13.7 Å². The molecule has 1 saturated carbocycles. The highest BCUT2D eigenvalue weighted by Crippen LogP contribution is 2.27. The smallest absolute Gasteiger partial charge is 0.234 e. The predicted octanol–water partition coefficient (Wildman–Crippen LogP) is 1.31. The summed E-state index contributed by atoms with van der Waals surface area (Å²) in [5.74, 6) is 1.66. The van der Waals surface area contributed by atoms with Gasteiger partial charge in [0.1, 0.15) is 5.75 Å². The molecular formula is C14H20N2O2. The van der Waals surface area contributed by atoms with Crippen LogP contribution in [0.4, 0.5) is 0 Å². The normalized spacial score (nSPS) is 14.3. The molecule has 98 valence electrons. The lowest BCUT2D eigenvalue weighted by atomic mass is 10.2. The number of methoxy groups -OCH3 is 1. The minimum Gasteiger partial charge on any atom is -0.497 e. The van der Waals surface area contributed by atoms with E-state index in [4.69, 9.17) is 4.74 Å². The van der Waals surface area contributed by atoms with Crippen LogP contribution in [0.2, 0.25) is 0 Å². The van der Waals surface area contributed by atoms with E-state index in [-0.39, 0.29) is 5.91 Å². The van der Waals surface area contributed by atoms with Crippen molar-refractivity contribution in [2.75, 3.05) is 20.2 Å². The van der Waals surface area contributed by atoms with Crippen LogP contribution in [-0.4, -0.2) is 26.1 Å². The molecule has 4 nitrogen and oxygen atoms in total. The van der Waals surface area contributed by atoms with Crippen molar-refractivity contribution >= 4 is 5.91 Å². The highest BCUT2D eigenvalue weighted by molar-refractivity contribution is 5.77. The number of nitrogens with one attached hydrogen (secondary N) is 2. The number of ether oxygens (including phenoxy) is 1. The molecule has 0 bridgehead atoms. The first-order chi connectivity index (χ1) is 8.78. The molecular weight excluding hydrogens is 228 g/mol. The van der Waals surface area contributed by atoms with Crippen molar-refractivity contribution in [2.45, 2.75) is 19.4 Å². The number of hydrogen-bond acceptors (Lipinski definition) is 3. The van der Waals surface area contributed by atoms with E-state index < -0.39 is 0 Å². The van der Waals surface area contributed by atoms with E-state index in [1.807, 2.05) is 24.3 Å². The van der Waals surface area contributed by atoms with Gasteiger partial charge in [0.15, 0.2) is 0 Å². The molecule has 4 heteroatoms. The van der Waals surface area contributed by atoms with Crippen LogP contribution in [0.25, 0.3) is 0 Å². The van der Waals surface area contributed by atoms with Gasteiger partial charge in [0.2, 0.25) is 5.91 Å². The quantitative estimate of drug-likeness (QED) is 0.765. The van der Waals surface area contributed by atoms with Crippen molar-refractivity contribution in [3.05, 3.63) is 29.8 Å². The third kappa shape index (κ3) is 4.37. The summed E-state index contributed by atoms with van der Waals surface area (Å²) >= 11 is 0. The molecule has 0 spiro atoms. The van der Waals surface area contributed by atoms with Gasteiger partial charge in [-0.15, -0.1) is 0 Å². The summed E-state index contributed by atoms with van der Waals surface area (Å²) in [5.41, 5.74) is 1.05. The van der Waals surface area contributed by atoms with Crippen LogP contribution < -0.4 is 15.4 Å². The van der Waals surface area contributed by atoms with Gasteiger partial charge in [0, 0.05) is 6.54 Å². The van der Waals surface area contributed by atoms with Gasteiger partial charge in [-0.25, -0.2) is 0 Å². The average molecular weight is 248 g/mol. The zero-order valence-corrected chi connectivity index (χ0v) is 10.7. The van der Waals surface area contributed by atoms with Crippen LogP contribution >= 0.6 is 0 Å². The Kier molecular flexibility index (Phi) is 4.59. The lowest BCUT2D eigenvalue weighted by molar-refractivity contribution is -0.120. The third-order valence-electron chi connectivity index (χ3n) is 3.04. The Morgan fingerprint density at radius 3 is 3.00 bits per heavy atom. The molecule has 1 aromatic carbocycles. The monoisotopic (exact) mass is 248 g/mol. The highest BCUT2D eigenvalue weighted by atomic mass is 16.5. The summed E-state index contributed by atoms with van der Waals surface area (Å²) in [6.07, 6.45) is 2.61. The van der Waals surface area contributed by atoms with Gasteiger partial charge in [-0.3, -0.25) is 4.79 Å². The van der Waals surface area contributed by atoms with Crippen LogP contribution in [0.15, 0.2) is 24.3 Å². The molecule has 0 heterocycles. The maximum Gasteiger partial charge on any atom is 0.234 e. The summed E-state index contributed by atoms with van der Waals surface area (Å²) in [4.78, 5) is 11.6. The summed E-state index contributed by atoms with van der Waals surface area (Å²) < 4.78 is 5.13. The van der Waals surface area contributed by atoms with Crippen LogP contribution in [0.1, 0.15) is 18.4 Å². The highest BCUT2D eigenvalue weighted by Gasteiger charge is 2.20. The van der Waals surface area contributed by atoms with Gasteiger partial charge >= 0.3 is 0 Å². The molecule has 0 aliphatic heterocycles. The first kappa shape index (κ1) is 12.9. The van der Waals surface area contributed by atoms with E-state index in [1.165, 1.54) is 12.8 Å². The van der Waals surface area contributed by atoms with Crippen molar-refractivity contribution in [3.63, 3.8) is 0 Å². The maximum absolute atomic E-state index is 11.6. The lowest BCUT2D eigenvalue weighted by Gasteiger charge is -2.07. The van der Waals surface area contributed by atoms with Crippen LogP contribution in [0.5, 0.6) is 5.75 Å². The summed E-state index contributed by atoms with van der Waals surface area (Å²) in [6.45, 7) is 1.91. The van der Waals surface area contributed by atoms with Gasteiger partial charge in [-0.2, -0.15) is 0 Å². The van der Waals surface area contributed by atoms with Crippen molar-refractivity contribution in [3.8, 4) is 5.75 Å². The second-order valence-electron chi connectivity index (χ2n) is 4.70. The zero-order valence-electron chi connectivity index (χ0n) is 10.7. The number of benzene rings is 1. The molecule has 2 N–H and O–H groups in total. The number of carbonyl (C=O) groups excluding carboxylic acids is 1. The van der Waals surface area contributed by atoms with Gasteiger partial charge in [-0.05, 0) is 43.0 Å². The fourth-order valence-electron chi connectivity index (χ4n) is 1.76. The van der Waals surface area contributed by atoms with Gasteiger partial charge in [-0.1, -0.05) is 12.1 Å². The van der Waals surface area contributed by atoms with Gasteiger partial charge < -0.3 is 15.4 Å². The SMILES string of the molecule is COc1cccc(CNC(=O)CNCC2CC2)c1. The van der Waals surface area contributed by atoms with E-state index in [1.54, 1.807) is 7.11 Å². The minimum atomic E-state index is 0.0402. The van der Waals surface area contributed by atoms with Crippen molar-refractivity contribution in [1.82, 2.24) is 10.6 Å². The van der Waals surface area contributed by atoms with Crippen LogP contribution in [0, 0.1) is 5.92 Å². The van der Waals surface area contributed by atoms with Crippen molar-refractivity contribution in [1.29, 1.82) is 0 Å². The molecule has 1 amide bonds. The summed E-state index contributed by atoms with van der Waals surface area (Å²) in [5, 5.41) is 6.06. The van der Waals surface area contributed by atoms with E-state index in [2.05, 4.69) is 10.6 Å². The predicted molar refractivity (Wildman–Crippen MR) is 70.4 cm³/mol. The zero-order chi connectivity index (χ0) is 12.8. The summed E-state index contributed by atoms with van der Waals surface area (Å²) in [7, 11) is 1.64. The van der Waals surface area contributed by atoms with Crippen molar-refractivity contribution in [2.24, 2.45) is 5.92 Å². The van der Waals surface area contributed by atoms with E-state index >= 15 is 0 Å². The maximum atomic E-state index is 11.6. The summed E-state index contributed by atoms with van der Waals surface area (Å²) in [6, 6.07) is 7.71. The Morgan fingerprint density at radius 2 is 2.28 bits per heavy atom. The Labute approximate surface area is 108 Å². The Hall–Kier alpha value is -1.55. The fourth-order valence-corrected chi connectivity index (χ4v) is 1.76. The number of rotatable bonds is 7. The standard InChI is InChI=1S/C14H20N2O2/c1-18-13-4-2-3-12(7-13)9-16-14(17)10-15-8-11-5-6-11/h2-4,7,11,15H,5-6,8-10H2,1H3,(H,16,17). The largest absolute Gasteiger partial charge is 0.497 e. The molecule has 0 aromatic heterocycles. The van der Waals surface area contributed by atoms with Gasteiger partial charge in [0.25, 0.3) is 0 Å². The van der Waals surface area contributed by atoms with E-state index in [0.29, 0.717) is 13.1 Å². The first-order valence-electron chi connectivity index (χ1n) is 6.38. The van der Waals surface area contributed by atoms with E-state index in [9.17, 15) is 4.79 Å². The molecule has 0 saturated heterocycles. The Bertz CT molecular complexity index is 403. The number of hydrogen-bond donors (Lipinski definition) is 2. The second-order valence-corrected chi connectivity index (χ2v) is 4.70. The molecule has 2 rings (SSSR count). The molecule has 1 aromatic rings. The Morgan fingerprint density at radius 1 is 1.44 bits per heavy atom. The Balaban J connectivity index is 1.67.